The summed E-state index contributed by atoms with van der Waals surface area (Å²) >= 11 is 11.7. The van der Waals surface area contributed by atoms with Gasteiger partial charge in [-0.1, -0.05) is 29.1 Å². The second-order valence-electron chi connectivity index (χ2n) is 2.40. The van der Waals surface area contributed by atoms with E-state index in [2.05, 4.69) is 11.3 Å². The molecule has 3 N–H and O–H groups in total. The van der Waals surface area contributed by atoms with Crippen molar-refractivity contribution in [3.8, 4) is 18.1 Å². The highest BCUT2D eigenvalue weighted by Crippen LogP contribution is 2.33. The van der Waals surface area contributed by atoms with E-state index in [0.29, 0.717) is 21.5 Å². The van der Waals surface area contributed by atoms with Gasteiger partial charge >= 0.3 is 0 Å². The molecular formula is C9H9Cl3N2O. The Balaban J connectivity index is 0.00000196. The third kappa shape index (κ3) is 3.69. The molecule has 0 bridgehead atoms. The summed E-state index contributed by atoms with van der Waals surface area (Å²) in [4.78, 5) is 0. The standard InChI is InChI=1S/C9H8Cl2N2O.ClH/c1-2-3-14-9-5-8(13-12)6(10)4-7(9)11;/h1,4-5,13H,3,12H2;1H. The van der Waals surface area contributed by atoms with E-state index in [1.807, 2.05) is 0 Å². The Morgan fingerprint density at radius 3 is 2.60 bits per heavy atom. The number of hydrogen-bond acceptors (Lipinski definition) is 3. The van der Waals surface area contributed by atoms with Crippen molar-refractivity contribution in [2.24, 2.45) is 5.84 Å². The van der Waals surface area contributed by atoms with E-state index < -0.39 is 0 Å². The zero-order valence-corrected chi connectivity index (χ0v) is 9.92. The molecule has 1 aromatic carbocycles. The Hall–Kier alpha value is -0.790. The molecule has 82 valence electrons. The number of hydrogen-bond donors (Lipinski definition) is 2. The van der Waals surface area contributed by atoms with E-state index >= 15 is 0 Å². The first-order chi connectivity index (χ1) is 6.69. The molecule has 1 rings (SSSR count). The number of nitrogen functional groups attached to an aromatic ring is 1. The highest BCUT2D eigenvalue weighted by Gasteiger charge is 2.06. The van der Waals surface area contributed by atoms with Crippen molar-refractivity contribution in [1.29, 1.82) is 0 Å². The maximum absolute atomic E-state index is 5.85. The van der Waals surface area contributed by atoms with Crippen LogP contribution in [0.25, 0.3) is 0 Å². The molecule has 0 amide bonds. The minimum atomic E-state index is 0. The topological polar surface area (TPSA) is 47.3 Å². The maximum Gasteiger partial charge on any atom is 0.148 e. The van der Waals surface area contributed by atoms with Crippen LogP contribution in [0.3, 0.4) is 0 Å². The molecule has 0 atom stereocenters. The smallest absolute Gasteiger partial charge is 0.148 e. The van der Waals surface area contributed by atoms with Crippen molar-refractivity contribution in [3.05, 3.63) is 22.2 Å². The van der Waals surface area contributed by atoms with Crippen LogP contribution in [-0.2, 0) is 0 Å². The van der Waals surface area contributed by atoms with Crippen LogP contribution in [0.15, 0.2) is 12.1 Å². The summed E-state index contributed by atoms with van der Waals surface area (Å²) in [5.74, 6) is 8.00. The van der Waals surface area contributed by atoms with E-state index in [-0.39, 0.29) is 19.0 Å². The van der Waals surface area contributed by atoms with Gasteiger partial charge in [0.2, 0.25) is 0 Å². The Labute approximate surface area is 104 Å². The normalized spacial score (nSPS) is 8.67. The number of anilines is 1. The number of benzene rings is 1. The Morgan fingerprint density at radius 1 is 1.40 bits per heavy atom. The van der Waals surface area contributed by atoms with Crippen LogP contribution in [0.5, 0.6) is 5.75 Å². The van der Waals surface area contributed by atoms with E-state index in [1.165, 1.54) is 6.07 Å². The van der Waals surface area contributed by atoms with Gasteiger partial charge in [-0.25, -0.2) is 0 Å². The van der Waals surface area contributed by atoms with Gasteiger partial charge in [0.25, 0.3) is 0 Å². The monoisotopic (exact) mass is 266 g/mol. The Kier molecular flexibility index (Phi) is 6.30. The Morgan fingerprint density at radius 2 is 2.07 bits per heavy atom. The number of terminal acetylenes is 1. The van der Waals surface area contributed by atoms with Crippen molar-refractivity contribution in [2.75, 3.05) is 12.0 Å². The SMILES string of the molecule is C#CCOc1cc(NN)c(Cl)cc1Cl.Cl. The average molecular weight is 268 g/mol. The summed E-state index contributed by atoms with van der Waals surface area (Å²) in [6.45, 7) is 0.144. The molecule has 15 heavy (non-hydrogen) atoms. The lowest BCUT2D eigenvalue weighted by molar-refractivity contribution is 0.371. The largest absolute Gasteiger partial charge is 0.479 e. The number of halogens is 3. The molecule has 0 heterocycles. The molecule has 0 aliphatic rings. The lowest BCUT2D eigenvalue weighted by Crippen LogP contribution is -2.07. The first-order valence-electron chi connectivity index (χ1n) is 3.71. The summed E-state index contributed by atoms with van der Waals surface area (Å²) in [6.07, 6.45) is 5.04. The van der Waals surface area contributed by atoms with Gasteiger partial charge in [0.1, 0.15) is 12.4 Å². The van der Waals surface area contributed by atoms with Crippen LogP contribution in [0, 0.1) is 12.3 Å². The number of nitrogens with one attached hydrogen (secondary N) is 1. The van der Waals surface area contributed by atoms with Crippen molar-refractivity contribution in [2.45, 2.75) is 0 Å². The zero-order valence-electron chi connectivity index (χ0n) is 7.59. The van der Waals surface area contributed by atoms with Crippen LogP contribution >= 0.6 is 35.6 Å². The van der Waals surface area contributed by atoms with E-state index in [9.17, 15) is 0 Å². The summed E-state index contributed by atoms with van der Waals surface area (Å²) < 4.78 is 5.16. The van der Waals surface area contributed by atoms with Crippen molar-refractivity contribution >= 4 is 41.3 Å². The number of hydrazine groups is 1. The van der Waals surface area contributed by atoms with Gasteiger partial charge in [-0.05, 0) is 6.07 Å². The predicted molar refractivity (Wildman–Crippen MR) is 65.8 cm³/mol. The summed E-state index contributed by atoms with van der Waals surface area (Å²) in [5, 5.41) is 0.815. The molecule has 0 fully saturated rings. The summed E-state index contributed by atoms with van der Waals surface area (Å²) in [6, 6.07) is 3.12. The van der Waals surface area contributed by atoms with Crippen LogP contribution in [0.1, 0.15) is 0 Å². The van der Waals surface area contributed by atoms with Gasteiger partial charge in [-0.3, -0.25) is 5.84 Å². The van der Waals surface area contributed by atoms with Crippen LogP contribution in [-0.4, -0.2) is 6.61 Å². The lowest BCUT2D eigenvalue weighted by atomic mass is 10.3. The number of ether oxygens (including phenoxy) is 1. The minimum absolute atomic E-state index is 0. The number of nitrogens with two attached hydrogens (primary N) is 1. The molecular weight excluding hydrogens is 258 g/mol. The molecule has 1 aromatic rings. The molecule has 0 aliphatic carbocycles. The van der Waals surface area contributed by atoms with E-state index in [1.54, 1.807) is 6.07 Å². The highest BCUT2D eigenvalue weighted by molar-refractivity contribution is 6.37. The number of rotatable bonds is 3. The first-order valence-corrected chi connectivity index (χ1v) is 4.46. The first kappa shape index (κ1) is 14.2. The van der Waals surface area contributed by atoms with Gasteiger partial charge in [0, 0.05) is 6.07 Å². The molecule has 6 heteroatoms. The lowest BCUT2D eigenvalue weighted by Gasteiger charge is -2.09. The molecule has 0 saturated carbocycles. The van der Waals surface area contributed by atoms with Gasteiger partial charge in [0.05, 0.1) is 15.7 Å². The zero-order chi connectivity index (χ0) is 10.6. The average Bonchev–Trinajstić information content (AvgIpc) is 2.17. The fraction of sp³-hybridized carbons (Fsp3) is 0.111. The molecule has 0 aliphatic heterocycles. The van der Waals surface area contributed by atoms with Crippen molar-refractivity contribution in [3.63, 3.8) is 0 Å². The third-order valence-corrected chi connectivity index (χ3v) is 2.10. The summed E-state index contributed by atoms with van der Waals surface area (Å²) in [5.41, 5.74) is 2.95. The fourth-order valence-corrected chi connectivity index (χ4v) is 1.36. The molecule has 0 saturated heterocycles. The highest BCUT2D eigenvalue weighted by atomic mass is 35.5. The molecule has 0 aromatic heterocycles. The molecule has 0 unspecified atom stereocenters. The van der Waals surface area contributed by atoms with Crippen LogP contribution in [0.4, 0.5) is 5.69 Å². The molecule has 3 nitrogen and oxygen atoms in total. The van der Waals surface area contributed by atoms with Gasteiger partial charge in [-0.2, -0.15) is 0 Å². The van der Waals surface area contributed by atoms with Gasteiger partial charge in [0.15, 0.2) is 0 Å². The minimum Gasteiger partial charge on any atom is -0.479 e. The molecule has 0 radical (unpaired) electrons. The quantitative estimate of drug-likeness (QED) is 0.503. The van der Waals surface area contributed by atoms with Gasteiger partial charge in [-0.15, -0.1) is 18.8 Å². The molecule has 0 spiro atoms. The second kappa shape index (κ2) is 6.65. The van der Waals surface area contributed by atoms with E-state index in [4.69, 9.17) is 40.2 Å². The van der Waals surface area contributed by atoms with Crippen molar-refractivity contribution < 1.29 is 4.74 Å². The van der Waals surface area contributed by atoms with Crippen molar-refractivity contribution in [1.82, 2.24) is 0 Å². The van der Waals surface area contributed by atoms with Crippen LogP contribution in [0.2, 0.25) is 10.0 Å². The van der Waals surface area contributed by atoms with Crippen LogP contribution < -0.4 is 16.0 Å². The van der Waals surface area contributed by atoms with Gasteiger partial charge < -0.3 is 10.2 Å². The maximum atomic E-state index is 5.85. The second-order valence-corrected chi connectivity index (χ2v) is 3.21. The predicted octanol–water partition coefficient (Wildman–Crippen LogP) is 2.71. The van der Waals surface area contributed by atoms with E-state index in [0.717, 1.165) is 0 Å². The third-order valence-electron chi connectivity index (χ3n) is 1.49. The fourth-order valence-electron chi connectivity index (χ4n) is 0.870. The Bertz CT molecular complexity index is 376. The summed E-state index contributed by atoms with van der Waals surface area (Å²) in [7, 11) is 0.